The highest BCUT2D eigenvalue weighted by Gasteiger charge is 2.30. The molecule has 0 radical (unpaired) electrons. The Morgan fingerprint density at radius 3 is 2.14 bits per heavy atom. The summed E-state index contributed by atoms with van der Waals surface area (Å²) >= 11 is 0. The zero-order chi connectivity index (χ0) is 16.2. The molecule has 2 aromatic rings. The Balaban J connectivity index is 2.12. The number of nitrogens with zero attached hydrogens (tertiary/aromatic N) is 1. The number of hydrogen-bond donors (Lipinski definition) is 0. The standard InChI is InChI=1S/C17H16F3NO/c1-12(14-6-4-3-5-7-14)21-13(2)15-8-10-16(11-9-15)22-17(18,19)20/h3-12H,1-2H3. The zero-order valence-electron chi connectivity index (χ0n) is 12.3. The lowest BCUT2D eigenvalue weighted by Crippen LogP contribution is -2.17. The summed E-state index contributed by atoms with van der Waals surface area (Å²) in [5.74, 6) is -0.236. The highest BCUT2D eigenvalue weighted by Crippen LogP contribution is 2.23. The molecule has 0 saturated carbocycles. The monoisotopic (exact) mass is 307 g/mol. The summed E-state index contributed by atoms with van der Waals surface area (Å²) in [7, 11) is 0. The van der Waals surface area contributed by atoms with Gasteiger partial charge in [-0.2, -0.15) is 0 Å². The highest BCUT2D eigenvalue weighted by molar-refractivity contribution is 5.98. The fraction of sp³-hybridized carbons (Fsp3) is 0.235. The Labute approximate surface area is 127 Å². The Kier molecular flexibility index (Phi) is 4.85. The molecule has 0 fully saturated rings. The fourth-order valence-corrected chi connectivity index (χ4v) is 2.07. The molecule has 0 bridgehead atoms. The maximum atomic E-state index is 12.1. The maximum Gasteiger partial charge on any atom is 0.573 e. The van der Waals surface area contributed by atoms with E-state index in [1.807, 2.05) is 44.2 Å². The lowest BCUT2D eigenvalue weighted by molar-refractivity contribution is -0.274. The third kappa shape index (κ3) is 4.62. The number of ether oxygens (including phenoxy) is 1. The molecule has 0 aliphatic heterocycles. The highest BCUT2D eigenvalue weighted by atomic mass is 19.4. The summed E-state index contributed by atoms with van der Waals surface area (Å²) in [4.78, 5) is 4.58. The largest absolute Gasteiger partial charge is 0.573 e. The van der Waals surface area contributed by atoms with Gasteiger partial charge >= 0.3 is 6.36 Å². The van der Waals surface area contributed by atoms with Crippen LogP contribution in [-0.2, 0) is 0 Å². The number of hydrogen-bond acceptors (Lipinski definition) is 2. The molecule has 1 unspecified atom stereocenters. The van der Waals surface area contributed by atoms with E-state index in [0.717, 1.165) is 16.8 Å². The van der Waals surface area contributed by atoms with Crippen molar-refractivity contribution < 1.29 is 17.9 Å². The van der Waals surface area contributed by atoms with Gasteiger partial charge in [-0.15, -0.1) is 13.2 Å². The first-order valence-corrected chi connectivity index (χ1v) is 6.81. The minimum atomic E-state index is -4.67. The normalized spacial score (nSPS) is 13.8. The Morgan fingerprint density at radius 1 is 1.00 bits per heavy atom. The molecule has 0 heterocycles. The van der Waals surface area contributed by atoms with Gasteiger partial charge in [0.15, 0.2) is 0 Å². The smallest absolute Gasteiger partial charge is 0.406 e. The van der Waals surface area contributed by atoms with Crippen LogP contribution in [0.5, 0.6) is 5.75 Å². The SMILES string of the molecule is CC(=NC(C)c1ccccc1)c1ccc(OC(F)(F)F)cc1. The van der Waals surface area contributed by atoms with E-state index in [1.54, 1.807) is 12.1 Å². The fourth-order valence-electron chi connectivity index (χ4n) is 2.07. The lowest BCUT2D eigenvalue weighted by Gasteiger charge is -2.11. The Bertz CT molecular complexity index is 633. The zero-order valence-corrected chi connectivity index (χ0v) is 12.3. The summed E-state index contributed by atoms with van der Waals surface area (Å²) in [6.07, 6.45) is -4.67. The van der Waals surface area contributed by atoms with Crippen molar-refractivity contribution >= 4 is 5.71 Å². The summed E-state index contributed by atoms with van der Waals surface area (Å²) < 4.78 is 40.2. The molecule has 0 spiro atoms. The van der Waals surface area contributed by atoms with Crippen LogP contribution >= 0.6 is 0 Å². The molecule has 116 valence electrons. The lowest BCUT2D eigenvalue weighted by atomic mass is 10.1. The van der Waals surface area contributed by atoms with Crippen LogP contribution in [0.2, 0.25) is 0 Å². The van der Waals surface area contributed by atoms with Gasteiger partial charge in [0.25, 0.3) is 0 Å². The molecule has 0 aromatic heterocycles. The molecule has 1 atom stereocenters. The number of halogens is 3. The second kappa shape index (κ2) is 6.64. The molecule has 0 amide bonds. The average molecular weight is 307 g/mol. The number of benzene rings is 2. The van der Waals surface area contributed by atoms with Crippen LogP contribution in [0.15, 0.2) is 59.6 Å². The Hall–Kier alpha value is -2.30. The van der Waals surface area contributed by atoms with E-state index in [9.17, 15) is 13.2 Å². The third-order valence-corrected chi connectivity index (χ3v) is 3.17. The quantitative estimate of drug-likeness (QED) is 0.715. The predicted octanol–water partition coefficient (Wildman–Crippen LogP) is 5.16. The molecule has 0 aliphatic rings. The van der Waals surface area contributed by atoms with E-state index < -0.39 is 6.36 Å². The minimum Gasteiger partial charge on any atom is -0.406 e. The van der Waals surface area contributed by atoms with Crippen molar-refractivity contribution in [1.29, 1.82) is 0 Å². The van der Waals surface area contributed by atoms with Crippen LogP contribution in [0, 0.1) is 0 Å². The Morgan fingerprint density at radius 2 is 1.59 bits per heavy atom. The molecule has 0 aliphatic carbocycles. The van der Waals surface area contributed by atoms with Crippen molar-refractivity contribution in [2.45, 2.75) is 26.3 Å². The van der Waals surface area contributed by atoms with E-state index in [1.165, 1.54) is 12.1 Å². The van der Waals surface area contributed by atoms with Gasteiger partial charge in [0.2, 0.25) is 0 Å². The minimum absolute atomic E-state index is 0.0210. The van der Waals surface area contributed by atoms with Crippen molar-refractivity contribution in [2.75, 3.05) is 0 Å². The van der Waals surface area contributed by atoms with Crippen LogP contribution in [0.1, 0.15) is 31.0 Å². The van der Waals surface area contributed by atoms with E-state index >= 15 is 0 Å². The van der Waals surface area contributed by atoms with E-state index in [4.69, 9.17) is 0 Å². The van der Waals surface area contributed by atoms with E-state index in [2.05, 4.69) is 9.73 Å². The third-order valence-electron chi connectivity index (χ3n) is 3.17. The van der Waals surface area contributed by atoms with Crippen molar-refractivity contribution in [1.82, 2.24) is 0 Å². The van der Waals surface area contributed by atoms with Gasteiger partial charge in [-0.3, -0.25) is 4.99 Å². The van der Waals surface area contributed by atoms with Gasteiger partial charge in [0, 0.05) is 5.71 Å². The van der Waals surface area contributed by atoms with Crippen molar-refractivity contribution in [2.24, 2.45) is 4.99 Å². The second-order valence-corrected chi connectivity index (χ2v) is 4.87. The van der Waals surface area contributed by atoms with Gasteiger partial charge in [-0.25, -0.2) is 0 Å². The topological polar surface area (TPSA) is 21.6 Å². The summed E-state index contributed by atoms with van der Waals surface area (Å²) in [6.45, 7) is 3.80. The van der Waals surface area contributed by atoms with E-state index in [-0.39, 0.29) is 11.8 Å². The summed E-state index contributed by atoms with van der Waals surface area (Å²) in [6, 6.07) is 15.5. The van der Waals surface area contributed by atoms with Crippen molar-refractivity contribution in [3.8, 4) is 5.75 Å². The molecule has 2 nitrogen and oxygen atoms in total. The predicted molar refractivity (Wildman–Crippen MR) is 80.2 cm³/mol. The van der Waals surface area contributed by atoms with Crippen molar-refractivity contribution in [3.05, 3.63) is 65.7 Å². The maximum absolute atomic E-state index is 12.1. The van der Waals surface area contributed by atoms with Crippen LogP contribution < -0.4 is 4.74 Å². The van der Waals surface area contributed by atoms with Gasteiger partial charge in [0.1, 0.15) is 5.75 Å². The van der Waals surface area contributed by atoms with E-state index in [0.29, 0.717) is 0 Å². The second-order valence-electron chi connectivity index (χ2n) is 4.87. The molecule has 22 heavy (non-hydrogen) atoms. The average Bonchev–Trinajstić information content (AvgIpc) is 2.47. The molecule has 2 aromatic carbocycles. The van der Waals surface area contributed by atoms with Gasteiger partial charge < -0.3 is 4.74 Å². The van der Waals surface area contributed by atoms with Crippen LogP contribution in [0.3, 0.4) is 0 Å². The molecule has 5 heteroatoms. The first-order chi connectivity index (χ1) is 10.3. The number of aliphatic imine (C=N–C) groups is 1. The van der Waals surface area contributed by atoms with Gasteiger partial charge in [-0.1, -0.05) is 30.3 Å². The summed E-state index contributed by atoms with van der Waals surface area (Å²) in [5.41, 5.74) is 2.60. The number of rotatable bonds is 4. The molecular formula is C17H16F3NO. The molecule has 0 N–H and O–H groups in total. The van der Waals surface area contributed by atoms with Crippen LogP contribution in [0.25, 0.3) is 0 Å². The van der Waals surface area contributed by atoms with Gasteiger partial charge in [-0.05, 0) is 49.2 Å². The number of alkyl halides is 3. The van der Waals surface area contributed by atoms with Crippen LogP contribution in [0.4, 0.5) is 13.2 Å². The molecular weight excluding hydrogens is 291 g/mol. The van der Waals surface area contributed by atoms with Gasteiger partial charge in [0.05, 0.1) is 6.04 Å². The van der Waals surface area contributed by atoms with Crippen molar-refractivity contribution in [3.63, 3.8) is 0 Å². The molecule has 0 saturated heterocycles. The van der Waals surface area contributed by atoms with Crippen LogP contribution in [-0.4, -0.2) is 12.1 Å². The molecule has 2 rings (SSSR count). The first-order valence-electron chi connectivity index (χ1n) is 6.81. The summed E-state index contributed by atoms with van der Waals surface area (Å²) in [5, 5.41) is 0. The first kappa shape index (κ1) is 16.1.